The zero-order valence-electron chi connectivity index (χ0n) is 12.4. The van der Waals surface area contributed by atoms with Gasteiger partial charge < -0.3 is 15.2 Å². The van der Waals surface area contributed by atoms with Crippen LogP contribution < -0.4 is 5.32 Å². The first-order chi connectivity index (χ1) is 10.1. The number of carboxylic acids is 1. The van der Waals surface area contributed by atoms with E-state index in [1.165, 1.54) is 0 Å². The fourth-order valence-electron chi connectivity index (χ4n) is 2.01. The van der Waals surface area contributed by atoms with Gasteiger partial charge in [0.15, 0.2) is 0 Å². The zero-order chi connectivity index (χ0) is 15.5. The molecule has 0 fully saturated rings. The highest BCUT2D eigenvalue weighted by molar-refractivity contribution is 5.71. The van der Waals surface area contributed by atoms with Gasteiger partial charge in [-0.05, 0) is 12.0 Å². The van der Waals surface area contributed by atoms with E-state index in [9.17, 15) is 9.59 Å². The number of amides is 1. The van der Waals surface area contributed by atoms with Crippen LogP contribution in [0.5, 0.6) is 0 Å². The van der Waals surface area contributed by atoms with E-state index in [2.05, 4.69) is 12.2 Å². The molecular weight excluding hydrogens is 270 g/mol. The third-order valence-electron chi connectivity index (χ3n) is 3.11. The highest BCUT2D eigenvalue weighted by atomic mass is 16.5. The van der Waals surface area contributed by atoms with E-state index in [0.717, 1.165) is 24.8 Å². The first kappa shape index (κ1) is 17.0. The Morgan fingerprint density at radius 3 is 2.57 bits per heavy atom. The first-order valence-electron chi connectivity index (χ1n) is 7.30. The van der Waals surface area contributed by atoms with Crippen molar-refractivity contribution in [3.8, 4) is 0 Å². The van der Waals surface area contributed by atoms with Crippen molar-refractivity contribution >= 4 is 12.1 Å². The number of nitrogens with one attached hydrogen (secondary N) is 1. The van der Waals surface area contributed by atoms with E-state index in [-0.39, 0.29) is 19.1 Å². The number of carboxylic acid groups (broad SMARTS) is 1. The summed E-state index contributed by atoms with van der Waals surface area (Å²) in [6, 6.07) is 8.98. The molecule has 116 valence electrons. The number of aliphatic carboxylic acids is 1. The molecule has 0 aliphatic heterocycles. The lowest BCUT2D eigenvalue weighted by atomic mass is 10.1. The van der Waals surface area contributed by atoms with Gasteiger partial charge >= 0.3 is 12.1 Å². The van der Waals surface area contributed by atoms with E-state index in [1.54, 1.807) is 0 Å². The van der Waals surface area contributed by atoms with Crippen molar-refractivity contribution in [2.24, 2.45) is 0 Å². The average molecular weight is 293 g/mol. The standard InChI is InChI=1S/C16H23NO4/c1-2-3-5-10-14(11-15(18)19)17-16(20)21-12-13-8-6-4-7-9-13/h4,6-9,14H,2-3,5,10-12H2,1H3,(H,17,20)(H,18,19). The number of hydrogen-bond donors (Lipinski definition) is 2. The molecule has 0 aromatic heterocycles. The van der Waals surface area contributed by atoms with E-state index < -0.39 is 12.1 Å². The van der Waals surface area contributed by atoms with Gasteiger partial charge in [0.1, 0.15) is 6.61 Å². The molecule has 1 atom stereocenters. The van der Waals surface area contributed by atoms with Crippen LogP contribution in [0.4, 0.5) is 4.79 Å². The molecule has 0 saturated carbocycles. The molecule has 1 aromatic rings. The van der Waals surface area contributed by atoms with Crippen molar-refractivity contribution in [3.05, 3.63) is 35.9 Å². The van der Waals surface area contributed by atoms with Crippen LogP contribution in [0, 0.1) is 0 Å². The third kappa shape index (κ3) is 7.97. The van der Waals surface area contributed by atoms with Gasteiger partial charge in [-0.25, -0.2) is 4.79 Å². The average Bonchev–Trinajstić information content (AvgIpc) is 2.46. The Kier molecular flexibility index (Phi) is 7.94. The Morgan fingerprint density at radius 2 is 1.95 bits per heavy atom. The van der Waals surface area contributed by atoms with Crippen molar-refractivity contribution in [2.75, 3.05) is 0 Å². The van der Waals surface area contributed by atoms with Crippen LogP contribution in [0.3, 0.4) is 0 Å². The van der Waals surface area contributed by atoms with Crippen LogP contribution in [0.15, 0.2) is 30.3 Å². The number of alkyl carbamates (subject to hydrolysis) is 1. The summed E-state index contributed by atoms with van der Waals surface area (Å²) in [6.45, 7) is 2.26. The van der Waals surface area contributed by atoms with E-state index in [1.807, 2.05) is 30.3 Å². The highest BCUT2D eigenvalue weighted by Crippen LogP contribution is 2.08. The first-order valence-corrected chi connectivity index (χ1v) is 7.30. The highest BCUT2D eigenvalue weighted by Gasteiger charge is 2.16. The summed E-state index contributed by atoms with van der Waals surface area (Å²) in [4.78, 5) is 22.5. The van der Waals surface area contributed by atoms with Gasteiger partial charge in [0, 0.05) is 6.04 Å². The van der Waals surface area contributed by atoms with Crippen molar-refractivity contribution in [1.82, 2.24) is 5.32 Å². The minimum atomic E-state index is -0.917. The molecule has 1 rings (SSSR count). The molecule has 0 spiro atoms. The van der Waals surface area contributed by atoms with Crippen molar-refractivity contribution < 1.29 is 19.4 Å². The largest absolute Gasteiger partial charge is 0.481 e. The molecule has 1 unspecified atom stereocenters. The lowest BCUT2D eigenvalue weighted by Gasteiger charge is -2.16. The van der Waals surface area contributed by atoms with Gasteiger partial charge in [-0.3, -0.25) is 4.79 Å². The zero-order valence-corrected chi connectivity index (χ0v) is 12.4. The molecule has 1 aromatic carbocycles. The third-order valence-corrected chi connectivity index (χ3v) is 3.11. The van der Waals surface area contributed by atoms with Crippen LogP contribution in [0.2, 0.25) is 0 Å². The maximum absolute atomic E-state index is 11.7. The molecule has 0 radical (unpaired) electrons. The second-order valence-electron chi connectivity index (χ2n) is 5.00. The molecular formula is C16H23NO4. The summed E-state index contributed by atoms with van der Waals surface area (Å²) < 4.78 is 5.10. The number of unbranched alkanes of at least 4 members (excludes halogenated alkanes) is 2. The molecule has 5 heteroatoms. The van der Waals surface area contributed by atoms with Gasteiger partial charge in [0.25, 0.3) is 0 Å². The number of benzene rings is 1. The topological polar surface area (TPSA) is 75.6 Å². The monoisotopic (exact) mass is 293 g/mol. The van der Waals surface area contributed by atoms with E-state index in [4.69, 9.17) is 9.84 Å². The Hall–Kier alpha value is -2.04. The Balaban J connectivity index is 2.37. The molecule has 0 saturated heterocycles. The molecule has 0 heterocycles. The SMILES string of the molecule is CCCCCC(CC(=O)O)NC(=O)OCc1ccccc1. The minimum absolute atomic E-state index is 0.0792. The number of ether oxygens (including phenoxy) is 1. The Labute approximate surface area is 125 Å². The van der Waals surface area contributed by atoms with Crippen LogP contribution in [-0.4, -0.2) is 23.2 Å². The maximum Gasteiger partial charge on any atom is 0.407 e. The molecule has 0 bridgehead atoms. The molecule has 21 heavy (non-hydrogen) atoms. The smallest absolute Gasteiger partial charge is 0.407 e. The Morgan fingerprint density at radius 1 is 1.24 bits per heavy atom. The summed E-state index contributed by atoms with van der Waals surface area (Å²) in [7, 11) is 0. The minimum Gasteiger partial charge on any atom is -0.481 e. The van der Waals surface area contributed by atoms with Gasteiger partial charge in [-0.15, -0.1) is 0 Å². The van der Waals surface area contributed by atoms with Crippen LogP contribution in [-0.2, 0) is 16.1 Å². The second kappa shape index (κ2) is 9.80. The molecule has 0 aliphatic rings. The summed E-state index contributed by atoms with van der Waals surface area (Å²) in [5.41, 5.74) is 0.897. The van der Waals surface area contributed by atoms with Gasteiger partial charge in [0.05, 0.1) is 6.42 Å². The summed E-state index contributed by atoms with van der Waals surface area (Å²) in [5.74, 6) is -0.917. The summed E-state index contributed by atoms with van der Waals surface area (Å²) in [6.07, 6.45) is 2.98. The summed E-state index contributed by atoms with van der Waals surface area (Å²) in [5, 5.41) is 11.5. The van der Waals surface area contributed by atoms with Crippen LogP contribution >= 0.6 is 0 Å². The molecule has 5 nitrogen and oxygen atoms in total. The molecule has 2 N–H and O–H groups in total. The maximum atomic E-state index is 11.7. The normalized spacial score (nSPS) is 11.7. The summed E-state index contributed by atoms with van der Waals surface area (Å²) >= 11 is 0. The van der Waals surface area contributed by atoms with Gasteiger partial charge in [-0.2, -0.15) is 0 Å². The predicted molar refractivity (Wildman–Crippen MR) is 79.9 cm³/mol. The molecule has 0 aliphatic carbocycles. The van der Waals surface area contributed by atoms with E-state index >= 15 is 0 Å². The van der Waals surface area contributed by atoms with Crippen molar-refractivity contribution in [1.29, 1.82) is 0 Å². The number of hydrogen-bond acceptors (Lipinski definition) is 3. The lowest BCUT2D eigenvalue weighted by molar-refractivity contribution is -0.137. The number of carbonyl (C=O) groups excluding carboxylic acids is 1. The fourth-order valence-corrected chi connectivity index (χ4v) is 2.01. The number of carbonyl (C=O) groups is 2. The van der Waals surface area contributed by atoms with Crippen LogP contribution in [0.1, 0.15) is 44.6 Å². The van der Waals surface area contributed by atoms with Crippen molar-refractivity contribution in [3.63, 3.8) is 0 Å². The van der Waals surface area contributed by atoms with Crippen molar-refractivity contribution in [2.45, 2.75) is 51.7 Å². The quantitative estimate of drug-likeness (QED) is 0.685. The van der Waals surface area contributed by atoms with Gasteiger partial charge in [0.2, 0.25) is 0 Å². The van der Waals surface area contributed by atoms with Gasteiger partial charge in [-0.1, -0.05) is 56.5 Å². The lowest BCUT2D eigenvalue weighted by Crippen LogP contribution is -2.36. The molecule has 1 amide bonds. The van der Waals surface area contributed by atoms with Crippen LogP contribution in [0.25, 0.3) is 0 Å². The predicted octanol–water partition coefficient (Wildman–Crippen LogP) is 3.34. The Bertz CT molecular complexity index is 433. The fraction of sp³-hybridized carbons (Fsp3) is 0.500. The number of rotatable bonds is 9. The van der Waals surface area contributed by atoms with E-state index in [0.29, 0.717) is 6.42 Å². The second-order valence-corrected chi connectivity index (χ2v) is 5.00.